The molecule has 2 fully saturated rings. The van der Waals surface area contributed by atoms with Crippen molar-refractivity contribution in [3.63, 3.8) is 0 Å². The summed E-state index contributed by atoms with van der Waals surface area (Å²) in [6, 6.07) is 4.11. The highest BCUT2D eigenvalue weighted by molar-refractivity contribution is 7.14. The predicted molar refractivity (Wildman–Crippen MR) is 105 cm³/mol. The van der Waals surface area contributed by atoms with E-state index in [9.17, 15) is 18.8 Å². The van der Waals surface area contributed by atoms with Gasteiger partial charge in [0.1, 0.15) is 18.1 Å². The zero-order valence-electron chi connectivity index (χ0n) is 15.8. The van der Waals surface area contributed by atoms with Gasteiger partial charge < -0.3 is 10.1 Å². The van der Waals surface area contributed by atoms with Crippen LogP contribution in [0.5, 0.6) is 5.75 Å². The Morgan fingerprint density at radius 3 is 2.62 bits per heavy atom. The third kappa shape index (κ3) is 3.74. The number of likely N-dealkylation sites (tertiary alicyclic amines) is 1. The molecular formula is C20H20FN3O4S. The number of ether oxygens (including phenoxy) is 1. The first-order chi connectivity index (χ1) is 14.0. The van der Waals surface area contributed by atoms with Crippen molar-refractivity contribution in [1.82, 2.24) is 9.88 Å². The summed E-state index contributed by atoms with van der Waals surface area (Å²) < 4.78 is 18.8. The van der Waals surface area contributed by atoms with E-state index in [1.165, 1.54) is 36.6 Å². The number of rotatable bonds is 5. The first-order valence-corrected chi connectivity index (χ1v) is 10.3. The normalized spacial score (nSPS) is 21.2. The number of thiazole rings is 1. The Morgan fingerprint density at radius 2 is 1.97 bits per heavy atom. The van der Waals surface area contributed by atoms with Gasteiger partial charge in [-0.05, 0) is 31.0 Å². The van der Waals surface area contributed by atoms with Crippen LogP contribution in [-0.4, -0.2) is 41.3 Å². The Hall–Kier alpha value is -2.81. The summed E-state index contributed by atoms with van der Waals surface area (Å²) >= 11 is 1.17. The first-order valence-electron chi connectivity index (χ1n) is 9.42. The van der Waals surface area contributed by atoms with Gasteiger partial charge in [0.2, 0.25) is 17.7 Å². The molecule has 1 aliphatic carbocycles. The van der Waals surface area contributed by atoms with Gasteiger partial charge in [0.05, 0.1) is 24.6 Å². The number of nitrogens with zero attached hydrogens (tertiary/aromatic N) is 2. The van der Waals surface area contributed by atoms with Crippen LogP contribution in [0.25, 0.3) is 11.3 Å². The number of hydrogen-bond donors (Lipinski definition) is 1. The third-order valence-electron chi connectivity index (χ3n) is 5.42. The fraction of sp³-hybridized carbons (Fsp3) is 0.400. The Bertz CT molecular complexity index is 952. The second kappa shape index (κ2) is 7.90. The van der Waals surface area contributed by atoms with E-state index in [0.717, 1.165) is 17.7 Å². The molecule has 1 saturated carbocycles. The fourth-order valence-electron chi connectivity index (χ4n) is 4.02. The van der Waals surface area contributed by atoms with Crippen LogP contribution in [0.1, 0.15) is 25.7 Å². The number of carbonyl (C=O) groups is 3. The highest BCUT2D eigenvalue weighted by atomic mass is 32.1. The van der Waals surface area contributed by atoms with E-state index in [0.29, 0.717) is 35.0 Å². The lowest BCUT2D eigenvalue weighted by molar-refractivity contribution is -0.142. The van der Waals surface area contributed by atoms with Crippen molar-refractivity contribution < 1.29 is 23.5 Å². The molecule has 4 rings (SSSR count). The molecule has 2 heterocycles. The number of halogens is 1. The largest absolute Gasteiger partial charge is 0.496 e. The Morgan fingerprint density at radius 1 is 1.28 bits per heavy atom. The molecule has 2 atom stereocenters. The van der Waals surface area contributed by atoms with E-state index in [4.69, 9.17) is 4.74 Å². The van der Waals surface area contributed by atoms with Gasteiger partial charge in [-0.3, -0.25) is 19.3 Å². The summed E-state index contributed by atoms with van der Waals surface area (Å²) in [5, 5.41) is 4.59. The Kier molecular flexibility index (Phi) is 5.31. The summed E-state index contributed by atoms with van der Waals surface area (Å²) in [5.74, 6) is -1.51. The van der Waals surface area contributed by atoms with Crippen LogP contribution in [0, 0.1) is 17.7 Å². The number of fused-ring (bicyclic) bond motifs is 1. The molecule has 1 saturated heterocycles. The molecule has 1 N–H and O–H groups in total. The molecule has 1 aliphatic heterocycles. The number of anilines is 1. The molecule has 2 unspecified atom stereocenters. The monoisotopic (exact) mass is 417 g/mol. The average molecular weight is 417 g/mol. The highest BCUT2D eigenvalue weighted by Gasteiger charge is 2.48. The van der Waals surface area contributed by atoms with E-state index in [-0.39, 0.29) is 30.2 Å². The maximum Gasteiger partial charge on any atom is 0.246 e. The standard InChI is InChI=1S/C20H20FN3O4S/c1-28-16-7-6-11(21)8-14(16)15-10-29-20(22-15)23-17(25)9-24-18(26)12-4-2-3-5-13(12)19(24)27/h6-8,10,12-13H,2-5,9H2,1H3,(H,22,23,25). The van der Waals surface area contributed by atoms with Crippen LogP contribution in [0.3, 0.4) is 0 Å². The number of carbonyl (C=O) groups excluding carboxylic acids is 3. The van der Waals surface area contributed by atoms with Crippen LogP contribution >= 0.6 is 11.3 Å². The minimum absolute atomic E-state index is 0.251. The molecule has 7 nitrogen and oxygen atoms in total. The second-order valence-corrected chi connectivity index (χ2v) is 8.05. The zero-order chi connectivity index (χ0) is 20.5. The van der Waals surface area contributed by atoms with Gasteiger partial charge in [0.15, 0.2) is 5.13 Å². The van der Waals surface area contributed by atoms with Crippen molar-refractivity contribution >= 4 is 34.2 Å². The molecule has 1 aromatic carbocycles. The van der Waals surface area contributed by atoms with E-state index >= 15 is 0 Å². The van der Waals surface area contributed by atoms with Crippen LogP contribution in [0.2, 0.25) is 0 Å². The maximum atomic E-state index is 13.6. The van der Waals surface area contributed by atoms with Crippen molar-refractivity contribution in [2.75, 3.05) is 19.0 Å². The van der Waals surface area contributed by atoms with Crippen molar-refractivity contribution in [3.8, 4) is 17.0 Å². The highest BCUT2D eigenvalue weighted by Crippen LogP contribution is 2.38. The SMILES string of the molecule is COc1ccc(F)cc1-c1csc(NC(=O)CN2C(=O)C3CCCCC3C2=O)n1. The average Bonchev–Trinajstić information content (AvgIpc) is 3.27. The summed E-state index contributed by atoms with van der Waals surface area (Å²) in [4.78, 5) is 42.8. The van der Waals surface area contributed by atoms with Gasteiger partial charge in [0.25, 0.3) is 0 Å². The summed E-state index contributed by atoms with van der Waals surface area (Å²) in [6.45, 7) is -0.317. The lowest BCUT2D eigenvalue weighted by Crippen LogP contribution is -2.38. The number of hydrogen-bond acceptors (Lipinski definition) is 6. The molecule has 2 aromatic rings. The Balaban J connectivity index is 1.44. The van der Waals surface area contributed by atoms with Crippen molar-refractivity contribution in [2.24, 2.45) is 11.8 Å². The van der Waals surface area contributed by atoms with Crippen molar-refractivity contribution in [2.45, 2.75) is 25.7 Å². The van der Waals surface area contributed by atoms with E-state index in [1.807, 2.05) is 0 Å². The molecule has 0 bridgehead atoms. The molecule has 3 amide bonds. The van der Waals surface area contributed by atoms with Crippen molar-refractivity contribution in [1.29, 1.82) is 0 Å². The molecule has 9 heteroatoms. The molecule has 29 heavy (non-hydrogen) atoms. The topological polar surface area (TPSA) is 88.6 Å². The van der Waals surface area contributed by atoms with Crippen LogP contribution in [0.15, 0.2) is 23.6 Å². The van der Waals surface area contributed by atoms with Gasteiger partial charge in [-0.25, -0.2) is 9.37 Å². The third-order valence-corrected chi connectivity index (χ3v) is 6.18. The van der Waals surface area contributed by atoms with Gasteiger partial charge in [-0.1, -0.05) is 12.8 Å². The predicted octanol–water partition coefficient (Wildman–Crippen LogP) is 3.07. The number of methoxy groups -OCH3 is 1. The van der Waals surface area contributed by atoms with Crippen molar-refractivity contribution in [3.05, 3.63) is 29.4 Å². The van der Waals surface area contributed by atoms with Gasteiger partial charge in [-0.2, -0.15) is 0 Å². The molecule has 1 aromatic heterocycles. The number of benzene rings is 1. The quantitative estimate of drug-likeness (QED) is 0.756. The minimum Gasteiger partial charge on any atom is -0.496 e. The lowest BCUT2D eigenvalue weighted by Gasteiger charge is -2.19. The second-order valence-electron chi connectivity index (χ2n) is 7.19. The number of imide groups is 1. The molecule has 152 valence electrons. The summed E-state index contributed by atoms with van der Waals surface area (Å²) in [5.41, 5.74) is 0.930. The zero-order valence-corrected chi connectivity index (χ0v) is 16.6. The van der Waals surface area contributed by atoms with Crippen LogP contribution in [-0.2, 0) is 14.4 Å². The Labute approximate surface area is 170 Å². The fourth-order valence-corrected chi connectivity index (χ4v) is 4.75. The number of aromatic nitrogens is 1. The minimum atomic E-state index is -0.488. The van der Waals surface area contributed by atoms with Crippen LogP contribution < -0.4 is 10.1 Å². The molecule has 0 spiro atoms. The van der Waals surface area contributed by atoms with Gasteiger partial charge in [-0.15, -0.1) is 11.3 Å². The molecular weight excluding hydrogens is 397 g/mol. The summed E-state index contributed by atoms with van der Waals surface area (Å²) in [7, 11) is 1.48. The van der Waals surface area contributed by atoms with Crippen LogP contribution in [0.4, 0.5) is 9.52 Å². The molecule has 2 aliphatic rings. The number of nitrogens with one attached hydrogen (secondary N) is 1. The first kappa shape index (κ1) is 19.5. The molecule has 0 radical (unpaired) electrons. The maximum absolute atomic E-state index is 13.6. The van der Waals surface area contributed by atoms with Gasteiger partial charge >= 0.3 is 0 Å². The number of amides is 3. The summed E-state index contributed by atoms with van der Waals surface area (Å²) in [6.07, 6.45) is 3.29. The van der Waals surface area contributed by atoms with E-state index in [2.05, 4.69) is 10.3 Å². The van der Waals surface area contributed by atoms with E-state index in [1.54, 1.807) is 5.38 Å². The lowest BCUT2D eigenvalue weighted by atomic mass is 9.81. The smallest absolute Gasteiger partial charge is 0.246 e. The van der Waals surface area contributed by atoms with E-state index < -0.39 is 11.7 Å². The van der Waals surface area contributed by atoms with Gasteiger partial charge in [0, 0.05) is 10.9 Å².